The first-order valence-corrected chi connectivity index (χ1v) is 7.93. The van der Waals surface area contributed by atoms with Crippen molar-refractivity contribution in [2.75, 3.05) is 10.7 Å². The number of anilines is 2. The number of nitrogens with zero attached hydrogens (tertiary/aromatic N) is 4. The van der Waals surface area contributed by atoms with Gasteiger partial charge >= 0.3 is 5.69 Å². The minimum absolute atomic E-state index is 0.0734. The van der Waals surface area contributed by atoms with Gasteiger partial charge in [-0.1, -0.05) is 0 Å². The number of hydrogen-bond acceptors (Lipinski definition) is 9. The predicted molar refractivity (Wildman–Crippen MR) is 103 cm³/mol. The molecular formula is C16H14N6O7. The second-order valence-corrected chi connectivity index (χ2v) is 5.70. The summed E-state index contributed by atoms with van der Waals surface area (Å²) in [6.07, 6.45) is -0.162. The van der Waals surface area contributed by atoms with E-state index in [0.717, 1.165) is 18.2 Å². The Labute approximate surface area is 162 Å². The van der Waals surface area contributed by atoms with Crippen molar-refractivity contribution in [3.8, 4) is 0 Å². The van der Waals surface area contributed by atoms with Crippen LogP contribution < -0.4 is 10.7 Å². The lowest BCUT2D eigenvalue weighted by Gasteiger charge is -2.06. The highest BCUT2D eigenvalue weighted by Gasteiger charge is 2.19. The average Bonchev–Trinajstić information content (AvgIpc) is 2.66. The van der Waals surface area contributed by atoms with Crippen LogP contribution in [0.2, 0.25) is 0 Å². The number of carbonyl (C=O) groups excluding carboxylic acids is 1. The molecule has 0 radical (unpaired) electrons. The van der Waals surface area contributed by atoms with E-state index in [9.17, 15) is 35.1 Å². The zero-order valence-corrected chi connectivity index (χ0v) is 14.9. The summed E-state index contributed by atoms with van der Waals surface area (Å²) in [7, 11) is 0. The van der Waals surface area contributed by atoms with Crippen molar-refractivity contribution in [2.24, 2.45) is 5.10 Å². The summed E-state index contributed by atoms with van der Waals surface area (Å²) in [5.41, 5.74) is 1.88. The van der Waals surface area contributed by atoms with E-state index in [0.29, 0.717) is 5.69 Å². The Balaban J connectivity index is 2.02. The number of hydrogen-bond donors (Lipinski definition) is 2. The van der Waals surface area contributed by atoms with Gasteiger partial charge < -0.3 is 5.32 Å². The number of non-ortho nitro benzene ring substituents is 2. The van der Waals surface area contributed by atoms with E-state index in [2.05, 4.69) is 15.8 Å². The number of nitro groups is 3. The maximum absolute atomic E-state index is 12.0. The number of nitrogens with one attached hydrogen (secondary N) is 2. The van der Waals surface area contributed by atoms with E-state index < -0.39 is 32.1 Å². The molecule has 13 heteroatoms. The van der Waals surface area contributed by atoms with Crippen LogP contribution in [0.25, 0.3) is 0 Å². The fraction of sp³-hybridized carbons (Fsp3) is 0.125. The van der Waals surface area contributed by atoms with E-state index in [1.54, 1.807) is 0 Å². The summed E-state index contributed by atoms with van der Waals surface area (Å²) >= 11 is 0. The molecule has 150 valence electrons. The zero-order valence-electron chi connectivity index (χ0n) is 14.9. The standard InChI is InChI=1S/C16H14N6O7/c1-10(8-16(23)17-11-2-4-12(5-3-11)20(24)25)18-19-14-7-6-13(21(26)27)9-15(14)22(28)29/h2-7,9,19H,8H2,1H3,(H,17,23)/b18-10-. The lowest BCUT2D eigenvalue weighted by molar-refractivity contribution is -0.393. The van der Waals surface area contributed by atoms with Crippen LogP contribution in [0.15, 0.2) is 47.6 Å². The number of nitro benzene ring substituents is 3. The van der Waals surface area contributed by atoms with Crippen molar-refractivity contribution in [2.45, 2.75) is 13.3 Å². The topological polar surface area (TPSA) is 183 Å². The Morgan fingerprint density at radius 1 is 0.931 bits per heavy atom. The molecule has 0 aliphatic carbocycles. The molecule has 0 heterocycles. The molecule has 0 aliphatic heterocycles. The summed E-state index contributed by atoms with van der Waals surface area (Å²) in [6.45, 7) is 1.50. The monoisotopic (exact) mass is 402 g/mol. The van der Waals surface area contributed by atoms with Crippen molar-refractivity contribution in [3.05, 3.63) is 72.8 Å². The van der Waals surface area contributed by atoms with Gasteiger partial charge in [-0.05, 0) is 25.1 Å². The van der Waals surface area contributed by atoms with Gasteiger partial charge in [0.25, 0.3) is 11.4 Å². The fourth-order valence-corrected chi connectivity index (χ4v) is 2.18. The molecule has 0 bridgehead atoms. The van der Waals surface area contributed by atoms with Crippen LogP contribution in [0.5, 0.6) is 0 Å². The molecule has 2 aromatic rings. The summed E-state index contributed by atoms with van der Waals surface area (Å²) in [6, 6.07) is 8.26. The molecule has 0 fully saturated rings. The highest BCUT2D eigenvalue weighted by molar-refractivity contribution is 6.05. The first kappa shape index (κ1) is 20.9. The summed E-state index contributed by atoms with van der Waals surface area (Å²) < 4.78 is 0. The Hall–Kier alpha value is -4.42. The molecule has 2 aromatic carbocycles. The Morgan fingerprint density at radius 3 is 2.07 bits per heavy atom. The predicted octanol–water partition coefficient (Wildman–Crippen LogP) is 3.23. The summed E-state index contributed by atoms with van der Waals surface area (Å²) in [5.74, 6) is -0.458. The summed E-state index contributed by atoms with van der Waals surface area (Å²) in [5, 5.41) is 38.8. The van der Waals surface area contributed by atoms with Crippen molar-refractivity contribution in [1.29, 1.82) is 0 Å². The minimum Gasteiger partial charge on any atom is -0.326 e. The lowest BCUT2D eigenvalue weighted by atomic mass is 10.2. The molecule has 0 saturated heterocycles. The number of benzene rings is 2. The first-order chi connectivity index (χ1) is 13.7. The van der Waals surface area contributed by atoms with Crippen molar-refractivity contribution >= 4 is 40.1 Å². The van der Waals surface area contributed by atoms with Gasteiger partial charge in [-0.3, -0.25) is 40.6 Å². The van der Waals surface area contributed by atoms with Gasteiger partial charge in [-0.2, -0.15) is 5.10 Å². The molecule has 0 aromatic heterocycles. The quantitative estimate of drug-likeness (QED) is 0.383. The smallest absolute Gasteiger partial charge is 0.301 e. The Bertz CT molecular complexity index is 1000. The second-order valence-electron chi connectivity index (χ2n) is 5.70. The minimum atomic E-state index is -0.790. The first-order valence-electron chi connectivity index (χ1n) is 7.93. The van der Waals surface area contributed by atoms with E-state index in [-0.39, 0.29) is 23.5 Å². The molecule has 0 spiro atoms. The maximum atomic E-state index is 12.0. The number of hydrazone groups is 1. The molecular weight excluding hydrogens is 388 g/mol. The van der Waals surface area contributed by atoms with Crippen LogP contribution in [0.3, 0.4) is 0 Å². The highest BCUT2D eigenvalue weighted by atomic mass is 16.6. The van der Waals surface area contributed by atoms with Crippen LogP contribution in [-0.4, -0.2) is 26.4 Å². The molecule has 1 amide bonds. The normalized spacial score (nSPS) is 10.9. The van der Waals surface area contributed by atoms with Crippen molar-refractivity contribution in [1.82, 2.24) is 0 Å². The third-order valence-corrected chi connectivity index (χ3v) is 3.53. The van der Waals surface area contributed by atoms with Gasteiger partial charge in [0.15, 0.2) is 0 Å². The van der Waals surface area contributed by atoms with Gasteiger partial charge in [0, 0.05) is 29.6 Å². The van der Waals surface area contributed by atoms with Gasteiger partial charge in [-0.25, -0.2) is 0 Å². The molecule has 0 aliphatic rings. The number of carbonyl (C=O) groups is 1. The van der Waals surface area contributed by atoms with Crippen LogP contribution in [-0.2, 0) is 4.79 Å². The second kappa shape index (κ2) is 8.98. The van der Waals surface area contributed by atoms with E-state index in [4.69, 9.17) is 0 Å². The van der Waals surface area contributed by atoms with E-state index >= 15 is 0 Å². The molecule has 2 N–H and O–H groups in total. The zero-order chi connectivity index (χ0) is 21.6. The van der Waals surface area contributed by atoms with Crippen molar-refractivity contribution in [3.63, 3.8) is 0 Å². The largest absolute Gasteiger partial charge is 0.326 e. The molecule has 13 nitrogen and oxygen atoms in total. The van der Waals surface area contributed by atoms with Crippen LogP contribution in [0.4, 0.5) is 28.4 Å². The maximum Gasteiger partial charge on any atom is 0.301 e. The Morgan fingerprint density at radius 2 is 1.52 bits per heavy atom. The lowest BCUT2D eigenvalue weighted by Crippen LogP contribution is -2.15. The highest BCUT2D eigenvalue weighted by Crippen LogP contribution is 2.28. The average molecular weight is 402 g/mol. The fourth-order valence-electron chi connectivity index (χ4n) is 2.18. The van der Waals surface area contributed by atoms with Crippen LogP contribution in [0.1, 0.15) is 13.3 Å². The van der Waals surface area contributed by atoms with Crippen LogP contribution >= 0.6 is 0 Å². The number of amides is 1. The van der Waals surface area contributed by atoms with Gasteiger partial charge in [0.1, 0.15) is 5.69 Å². The molecule has 0 saturated carbocycles. The number of rotatable bonds is 8. The SMILES string of the molecule is C/C(CC(=O)Nc1ccc([N+](=O)[O-])cc1)=N/Nc1ccc([N+](=O)[O-])cc1[N+](=O)[O-]. The molecule has 0 atom stereocenters. The molecule has 0 unspecified atom stereocenters. The Kier molecular flexibility index (Phi) is 6.47. The van der Waals surface area contributed by atoms with Gasteiger partial charge in [0.05, 0.1) is 27.3 Å². The molecule has 2 rings (SSSR count). The molecule has 29 heavy (non-hydrogen) atoms. The third-order valence-electron chi connectivity index (χ3n) is 3.53. The van der Waals surface area contributed by atoms with Crippen molar-refractivity contribution < 1.29 is 19.6 Å². The third kappa shape index (κ3) is 5.78. The van der Waals surface area contributed by atoms with E-state index in [1.807, 2.05) is 0 Å². The van der Waals surface area contributed by atoms with Gasteiger partial charge in [0.2, 0.25) is 5.91 Å². The van der Waals surface area contributed by atoms with Gasteiger partial charge in [-0.15, -0.1) is 0 Å². The van der Waals surface area contributed by atoms with Crippen LogP contribution in [0, 0.1) is 30.3 Å². The summed E-state index contributed by atoms with van der Waals surface area (Å²) in [4.78, 5) is 42.3. The van der Waals surface area contributed by atoms with E-state index in [1.165, 1.54) is 31.2 Å².